The summed E-state index contributed by atoms with van der Waals surface area (Å²) in [4.78, 5) is 0. The zero-order valence-corrected chi connectivity index (χ0v) is 12.2. The van der Waals surface area contributed by atoms with Crippen LogP contribution in [0.2, 0.25) is 0 Å². The molecule has 16 heavy (non-hydrogen) atoms. The molecule has 0 aliphatic rings. The maximum Gasteiger partial charge on any atom is 0.00103 e. The Morgan fingerprint density at radius 2 is 1.50 bits per heavy atom. The fourth-order valence-corrected chi connectivity index (χ4v) is 2.28. The van der Waals surface area contributed by atoms with Crippen LogP contribution in [0.15, 0.2) is 0 Å². The number of hydrogen-bond acceptors (Lipinski definition) is 1. The molecule has 1 heteroatoms. The summed E-state index contributed by atoms with van der Waals surface area (Å²) in [5.74, 6) is 1.82. The Labute approximate surface area is 103 Å². The van der Waals surface area contributed by atoms with Crippen molar-refractivity contribution < 1.29 is 0 Å². The van der Waals surface area contributed by atoms with Gasteiger partial charge in [-0.25, -0.2) is 0 Å². The minimum atomic E-state index is 0.644. The van der Waals surface area contributed by atoms with Gasteiger partial charge in [0.1, 0.15) is 0 Å². The molecular weight excluding hydrogens is 194 g/mol. The molecule has 1 N–H and O–H groups in total. The lowest BCUT2D eigenvalue weighted by Crippen LogP contribution is -2.23. The highest BCUT2D eigenvalue weighted by Gasteiger charge is 2.09. The molecule has 0 aromatic rings. The van der Waals surface area contributed by atoms with Crippen LogP contribution in [0.5, 0.6) is 0 Å². The van der Waals surface area contributed by atoms with Crippen LogP contribution in [0, 0.1) is 11.8 Å². The molecule has 0 spiro atoms. The second kappa shape index (κ2) is 10.1. The van der Waals surface area contributed by atoms with Crippen LogP contribution >= 0.6 is 0 Å². The molecule has 98 valence electrons. The van der Waals surface area contributed by atoms with Crippen molar-refractivity contribution >= 4 is 0 Å². The molecule has 0 fully saturated rings. The summed E-state index contributed by atoms with van der Waals surface area (Å²) in [7, 11) is 0. The Morgan fingerprint density at radius 3 is 2.00 bits per heavy atom. The quantitative estimate of drug-likeness (QED) is 0.537. The number of nitrogens with one attached hydrogen (secondary N) is 1. The van der Waals surface area contributed by atoms with Gasteiger partial charge in [-0.05, 0) is 24.8 Å². The van der Waals surface area contributed by atoms with Crippen molar-refractivity contribution in [3.05, 3.63) is 0 Å². The summed E-state index contributed by atoms with van der Waals surface area (Å²) < 4.78 is 0. The molecule has 1 atom stereocenters. The van der Waals surface area contributed by atoms with Gasteiger partial charge in [0.05, 0.1) is 0 Å². The van der Waals surface area contributed by atoms with E-state index in [1.54, 1.807) is 0 Å². The standard InChI is InChI=1S/C15H33N/c1-6-15(13(2)3)11-9-7-8-10-12-16-14(4)5/h13-16H,6-12H2,1-5H3. The van der Waals surface area contributed by atoms with Gasteiger partial charge in [0.15, 0.2) is 0 Å². The summed E-state index contributed by atoms with van der Waals surface area (Å²) in [5.41, 5.74) is 0. The van der Waals surface area contributed by atoms with Crippen molar-refractivity contribution in [1.29, 1.82) is 0 Å². The Bertz CT molecular complexity index is 140. The van der Waals surface area contributed by atoms with E-state index >= 15 is 0 Å². The lowest BCUT2D eigenvalue weighted by atomic mass is 9.88. The van der Waals surface area contributed by atoms with E-state index in [9.17, 15) is 0 Å². The summed E-state index contributed by atoms with van der Waals surface area (Å²) in [5, 5.41) is 3.47. The van der Waals surface area contributed by atoms with Gasteiger partial charge < -0.3 is 5.32 Å². The lowest BCUT2D eigenvalue weighted by Gasteiger charge is -2.18. The van der Waals surface area contributed by atoms with Crippen LogP contribution in [-0.4, -0.2) is 12.6 Å². The van der Waals surface area contributed by atoms with Crippen LogP contribution in [0.4, 0.5) is 0 Å². The first kappa shape index (κ1) is 16.0. The van der Waals surface area contributed by atoms with Gasteiger partial charge in [-0.1, -0.05) is 66.7 Å². The van der Waals surface area contributed by atoms with Gasteiger partial charge in [-0.2, -0.15) is 0 Å². The second-order valence-electron chi connectivity index (χ2n) is 5.72. The van der Waals surface area contributed by atoms with E-state index in [2.05, 4.69) is 39.9 Å². The topological polar surface area (TPSA) is 12.0 Å². The molecule has 0 aromatic heterocycles. The Kier molecular flexibility index (Phi) is 10.1. The third-order valence-electron chi connectivity index (χ3n) is 3.52. The molecular formula is C15H33N. The highest BCUT2D eigenvalue weighted by molar-refractivity contribution is 4.61. The minimum Gasteiger partial charge on any atom is -0.315 e. The zero-order valence-electron chi connectivity index (χ0n) is 12.2. The second-order valence-corrected chi connectivity index (χ2v) is 5.72. The molecule has 0 amide bonds. The van der Waals surface area contributed by atoms with Crippen LogP contribution in [0.3, 0.4) is 0 Å². The monoisotopic (exact) mass is 227 g/mol. The lowest BCUT2D eigenvalue weighted by molar-refractivity contribution is 0.335. The molecule has 0 aliphatic carbocycles. The summed E-state index contributed by atoms with van der Waals surface area (Å²) in [6.07, 6.45) is 8.38. The van der Waals surface area contributed by atoms with Gasteiger partial charge in [0.25, 0.3) is 0 Å². The zero-order chi connectivity index (χ0) is 12.4. The van der Waals surface area contributed by atoms with E-state index in [4.69, 9.17) is 0 Å². The molecule has 0 bridgehead atoms. The van der Waals surface area contributed by atoms with Gasteiger partial charge in [-0.15, -0.1) is 0 Å². The smallest absolute Gasteiger partial charge is 0.00103 e. The van der Waals surface area contributed by atoms with Crippen LogP contribution < -0.4 is 5.32 Å². The predicted molar refractivity (Wildman–Crippen MR) is 74.8 cm³/mol. The molecule has 1 nitrogen and oxygen atoms in total. The van der Waals surface area contributed by atoms with E-state index in [1.807, 2.05) is 0 Å². The Balaban J connectivity index is 3.26. The largest absolute Gasteiger partial charge is 0.315 e. The van der Waals surface area contributed by atoms with E-state index in [0.717, 1.165) is 11.8 Å². The van der Waals surface area contributed by atoms with Crippen molar-refractivity contribution in [3.8, 4) is 0 Å². The van der Waals surface area contributed by atoms with Crippen LogP contribution in [0.25, 0.3) is 0 Å². The van der Waals surface area contributed by atoms with Gasteiger partial charge in [0.2, 0.25) is 0 Å². The fourth-order valence-electron chi connectivity index (χ4n) is 2.28. The molecule has 0 saturated carbocycles. The first-order chi connectivity index (χ1) is 7.57. The van der Waals surface area contributed by atoms with E-state index in [1.165, 1.54) is 45.1 Å². The minimum absolute atomic E-state index is 0.644. The maximum atomic E-state index is 3.47. The first-order valence-corrected chi connectivity index (χ1v) is 7.31. The molecule has 0 saturated heterocycles. The third kappa shape index (κ3) is 9.21. The summed E-state index contributed by atoms with van der Waals surface area (Å²) in [6, 6.07) is 0.644. The van der Waals surface area contributed by atoms with Crippen molar-refractivity contribution in [2.75, 3.05) is 6.54 Å². The van der Waals surface area contributed by atoms with Crippen molar-refractivity contribution in [2.24, 2.45) is 11.8 Å². The summed E-state index contributed by atoms with van der Waals surface area (Å²) in [6.45, 7) is 12.7. The van der Waals surface area contributed by atoms with Gasteiger partial charge in [0, 0.05) is 6.04 Å². The Morgan fingerprint density at radius 1 is 0.875 bits per heavy atom. The predicted octanol–water partition coefficient (Wildman–Crippen LogP) is 4.62. The highest BCUT2D eigenvalue weighted by Crippen LogP contribution is 2.21. The molecule has 0 heterocycles. The van der Waals surface area contributed by atoms with Crippen molar-refractivity contribution in [1.82, 2.24) is 5.32 Å². The molecule has 0 rings (SSSR count). The van der Waals surface area contributed by atoms with Gasteiger partial charge >= 0.3 is 0 Å². The highest BCUT2D eigenvalue weighted by atomic mass is 14.9. The average Bonchev–Trinajstić information content (AvgIpc) is 2.21. The molecule has 1 unspecified atom stereocenters. The van der Waals surface area contributed by atoms with E-state index < -0.39 is 0 Å². The number of hydrogen-bond donors (Lipinski definition) is 1. The van der Waals surface area contributed by atoms with E-state index in [-0.39, 0.29) is 0 Å². The van der Waals surface area contributed by atoms with Gasteiger partial charge in [-0.3, -0.25) is 0 Å². The summed E-state index contributed by atoms with van der Waals surface area (Å²) >= 11 is 0. The average molecular weight is 227 g/mol. The van der Waals surface area contributed by atoms with Crippen molar-refractivity contribution in [3.63, 3.8) is 0 Å². The normalized spacial score (nSPS) is 13.7. The molecule has 0 aromatic carbocycles. The number of rotatable bonds is 10. The SMILES string of the molecule is CCC(CCCCCCNC(C)C)C(C)C. The number of unbranched alkanes of at least 4 members (excludes halogenated alkanes) is 3. The third-order valence-corrected chi connectivity index (χ3v) is 3.52. The molecule has 0 radical (unpaired) electrons. The van der Waals surface area contributed by atoms with Crippen LogP contribution in [-0.2, 0) is 0 Å². The molecule has 0 aliphatic heterocycles. The maximum absolute atomic E-state index is 3.47. The van der Waals surface area contributed by atoms with Crippen LogP contribution in [0.1, 0.15) is 73.1 Å². The Hall–Kier alpha value is -0.0400. The first-order valence-electron chi connectivity index (χ1n) is 7.31. The van der Waals surface area contributed by atoms with E-state index in [0.29, 0.717) is 6.04 Å². The van der Waals surface area contributed by atoms with Crippen molar-refractivity contribution in [2.45, 2.75) is 79.2 Å². The fraction of sp³-hybridized carbons (Fsp3) is 1.00.